The molecule has 2 N–H and O–H groups in total. The zero-order chi connectivity index (χ0) is 20.1. The van der Waals surface area contributed by atoms with E-state index in [1.165, 1.54) is 4.90 Å². The lowest BCUT2D eigenvalue weighted by Gasteiger charge is -2.36. The van der Waals surface area contributed by atoms with Crippen LogP contribution in [0.2, 0.25) is 0 Å². The Bertz CT molecular complexity index is 681. The first kappa shape index (κ1) is 23.8. The first-order valence-electron chi connectivity index (χ1n) is 9.83. The summed E-state index contributed by atoms with van der Waals surface area (Å²) in [7, 11) is 1.62. The molecule has 3 rings (SSSR count). The summed E-state index contributed by atoms with van der Waals surface area (Å²) < 4.78 is 45.6. The predicted octanol–water partition coefficient (Wildman–Crippen LogP) is 2.88. The number of fused-ring (bicyclic) bond motifs is 1. The van der Waals surface area contributed by atoms with Crippen molar-refractivity contribution in [3.05, 3.63) is 29.3 Å². The number of carbonyl (C=O) groups excluding carboxylic acids is 1. The van der Waals surface area contributed by atoms with Gasteiger partial charge in [-0.2, -0.15) is 13.2 Å². The number of ether oxygens (including phenoxy) is 1. The van der Waals surface area contributed by atoms with Gasteiger partial charge < -0.3 is 15.4 Å². The van der Waals surface area contributed by atoms with E-state index in [1.807, 2.05) is 18.2 Å². The van der Waals surface area contributed by atoms with Crippen LogP contribution < -0.4 is 15.4 Å². The summed E-state index contributed by atoms with van der Waals surface area (Å²) in [5.41, 5.74) is 2.27. The lowest BCUT2D eigenvalue weighted by Crippen LogP contribution is -2.57. The van der Waals surface area contributed by atoms with Gasteiger partial charge in [0.15, 0.2) is 0 Å². The smallest absolute Gasteiger partial charge is 0.405 e. The minimum atomic E-state index is -4.36. The van der Waals surface area contributed by atoms with E-state index in [4.69, 9.17) is 4.74 Å². The van der Waals surface area contributed by atoms with Crippen molar-refractivity contribution in [1.29, 1.82) is 0 Å². The van der Waals surface area contributed by atoms with Crippen LogP contribution >= 0.6 is 12.4 Å². The third kappa shape index (κ3) is 6.23. The van der Waals surface area contributed by atoms with Gasteiger partial charge in [-0.3, -0.25) is 9.69 Å². The van der Waals surface area contributed by atoms with E-state index in [0.717, 1.165) is 36.1 Å². The zero-order valence-electron chi connectivity index (χ0n) is 16.6. The molecule has 1 aliphatic heterocycles. The number of hydrogen-bond acceptors (Lipinski definition) is 4. The Balaban J connectivity index is 0.00000300. The van der Waals surface area contributed by atoms with Crippen molar-refractivity contribution in [2.45, 2.75) is 43.8 Å². The number of rotatable bonds is 6. The molecule has 1 amide bonds. The predicted molar refractivity (Wildman–Crippen MR) is 108 cm³/mol. The molecule has 0 bridgehead atoms. The summed E-state index contributed by atoms with van der Waals surface area (Å²) >= 11 is 0. The fraction of sp³-hybridized carbons (Fsp3) is 0.650. The average molecular weight is 436 g/mol. The third-order valence-electron chi connectivity index (χ3n) is 5.68. The topological polar surface area (TPSA) is 53.6 Å². The van der Waals surface area contributed by atoms with Gasteiger partial charge in [-0.25, -0.2) is 0 Å². The molecule has 0 spiro atoms. The lowest BCUT2D eigenvalue weighted by molar-refractivity contribution is -0.184. The number of aryl methyl sites for hydroxylation is 1. The maximum atomic E-state index is 13.5. The summed E-state index contributed by atoms with van der Waals surface area (Å²) in [6.45, 7) is 1.33. The molecule has 2 atom stereocenters. The Morgan fingerprint density at radius 3 is 2.72 bits per heavy atom. The van der Waals surface area contributed by atoms with E-state index in [1.54, 1.807) is 7.11 Å². The van der Waals surface area contributed by atoms with Gasteiger partial charge in [0.2, 0.25) is 5.91 Å². The van der Waals surface area contributed by atoms with E-state index in [0.29, 0.717) is 26.2 Å². The number of alkyl halides is 3. The second kappa shape index (κ2) is 10.5. The monoisotopic (exact) mass is 435 g/mol. The van der Waals surface area contributed by atoms with Gasteiger partial charge in [-0.1, -0.05) is 6.07 Å². The number of amides is 1. The van der Waals surface area contributed by atoms with Gasteiger partial charge in [0.05, 0.1) is 7.11 Å². The number of halogens is 4. The van der Waals surface area contributed by atoms with Crippen LogP contribution in [0.5, 0.6) is 5.75 Å². The van der Waals surface area contributed by atoms with Crippen molar-refractivity contribution < 1.29 is 22.7 Å². The fourth-order valence-electron chi connectivity index (χ4n) is 4.18. The Kier molecular flexibility index (Phi) is 8.60. The molecular weight excluding hydrogens is 407 g/mol. The molecule has 1 aromatic rings. The fourth-order valence-corrected chi connectivity index (χ4v) is 4.18. The number of hydrogen-bond donors (Lipinski definition) is 2. The molecule has 0 radical (unpaired) electrons. The average Bonchev–Trinajstić information content (AvgIpc) is 2.67. The molecule has 2 aliphatic rings. The Labute approximate surface area is 175 Å². The second-order valence-corrected chi connectivity index (χ2v) is 7.51. The first-order valence-corrected chi connectivity index (χ1v) is 9.83. The van der Waals surface area contributed by atoms with Gasteiger partial charge >= 0.3 is 6.18 Å². The first-order chi connectivity index (χ1) is 13.4. The third-order valence-corrected chi connectivity index (χ3v) is 5.68. The van der Waals surface area contributed by atoms with Crippen molar-refractivity contribution in [2.75, 3.05) is 39.8 Å². The van der Waals surface area contributed by atoms with Crippen LogP contribution in [0.3, 0.4) is 0 Å². The standard InChI is InChI=1S/C20H28F3N3O2.ClH/c1-28-16-5-6-17-14(11-16)3-2-4-15(17)12-19(27)25-13-18(20(21,22)23)26-9-7-24-8-10-26;/h5-6,11,15,18,24H,2-4,7-10,12-13H2,1H3,(H,25,27);1H. The quantitative estimate of drug-likeness (QED) is 0.721. The molecule has 0 aromatic heterocycles. The van der Waals surface area contributed by atoms with Crippen molar-refractivity contribution >= 4 is 18.3 Å². The zero-order valence-corrected chi connectivity index (χ0v) is 17.4. The largest absolute Gasteiger partial charge is 0.497 e. The van der Waals surface area contributed by atoms with Crippen molar-refractivity contribution in [1.82, 2.24) is 15.5 Å². The Morgan fingerprint density at radius 2 is 2.07 bits per heavy atom. The maximum Gasteiger partial charge on any atom is 0.405 e. The number of benzene rings is 1. The number of nitrogens with one attached hydrogen (secondary N) is 2. The number of carbonyl (C=O) groups is 1. The molecule has 9 heteroatoms. The molecule has 164 valence electrons. The minimum absolute atomic E-state index is 0. The molecule has 1 saturated heterocycles. The second-order valence-electron chi connectivity index (χ2n) is 7.51. The number of piperazine rings is 1. The molecule has 0 saturated carbocycles. The summed E-state index contributed by atoms with van der Waals surface area (Å²) in [5.74, 6) is 0.504. The van der Waals surface area contributed by atoms with Crippen LogP contribution in [0.25, 0.3) is 0 Å². The molecule has 1 heterocycles. The number of nitrogens with zero attached hydrogens (tertiary/aromatic N) is 1. The highest BCUT2D eigenvalue weighted by Crippen LogP contribution is 2.35. The summed E-state index contributed by atoms with van der Waals surface area (Å²) in [4.78, 5) is 13.8. The molecule has 1 fully saturated rings. The van der Waals surface area contributed by atoms with Crippen molar-refractivity contribution in [3.63, 3.8) is 0 Å². The summed E-state index contributed by atoms with van der Waals surface area (Å²) in [5, 5.41) is 5.59. The van der Waals surface area contributed by atoms with Gasteiger partial charge in [-0.15, -0.1) is 12.4 Å². The molecule has 5 nitrogen and oxygen atoms in total. The molecule has 29 heavy (non-hydrogen) atoms. The molecular formula is C20H29ClF3N3O2. The minimum Gasteiger partial charge on any atom is -0.497 e. The van der Waals surface area contributed by atoms with E-state index in [2.05, 4.69) is 10.6 Å². The summed E-state index contributed by atoms with van der Waals surface area (Å²) in [6, 6.07) is 4.20. The molecule has 1 aliphatic carbocycles. The molecule has 1 aromatic carbocycles. The van der Waals surface area contributed by atoms with Crippen molar-refractivity contribution in [2.24, 2.45) is 0 Å². The van der Waals surface area contributed by atoms with Crippen molar-refractivity contribution in [3.8, 4) is 5.75 Å². The Hall–Kier alpha value is -1.51. The lowest BCUT2D eigenvalue weighted by atomic mass is 9.81. The van der Waals surface area contributed by atoms with Crippen LogP contribution in [0.15, 0.2) is 18.2 Å². The number of methoxy groups -OCH3 is 1. The van der Waals surface area contributed by atoms with E-state index in [9.17, 15) is 18.0 Å². The van der Waals surface area contributed by atoms with Crippen LogP contribution in [-0.2, 0) is 11.2 Å². The van der Waals surface area contributed by atoms with Gasteiger partial charge in [0.25, 0.3) is 0 Å². The van der Waals surface area contributed by atoms with Gasteiger partial charge in [-0.05, 0) is 48.4 Å². The van der Waals surface area contributed by atoms with Crippen LogP contribution in [0, 0.1) is 0 Å². The van der Waals surface area contributed by atoms with Crippen LogP contribution in [-0.4, -0.2) is 62.9 Å². The maximum absolute atomic E-state index is 13.5. The highest BCUT2D eigenvalue weighted by molar-refractivity contribution is 5.85. The van der Waals surface area contributed by atoms with E-state index < -0.39 is 18.8 Å². The normalized spacial score (nSPS) is 20.9. The summed E-state index contributed by atoms with van der Waals surface area (Å²) in [6.07, 6.45) is -1.38. The van der Waals surface area contributed by atoms with Gasteiger partial charge in [0.1, 0.15) is 11.8 Å². The highest BCUT2D eigenvalue weighted by atomic mass is 35.5. The van der Waals surface area contributed by atoms with Crippen LogP contribution in [0.4, 0.5) is 13.2 Å². The van der Waals surface area contributed by atoms with Crippen LogP contribution in [0.1, 0.15) is 36.3 Å². The van der Waals surface area contributed by atoms with Gasteiger partial charge in [0, 0.05) is 39.1 Å². The Morgan fingerprint density at radius 1 is 1.34 bits per heavy atom. The highest BCUT2D eigenvalue weighted by Gasteiger charge is 2.43. The SMILES string of the molecule is COc1ccc2c(c1)CCCC2CC(=O)NCC(N1CCNCC1)C(F)(F)F.Cl. The molecule has 2 unspecified atom stereocenters. The van der Waals surface area contributed by atoms with E-state index in [-0.39, 0.29) is 30.7 Å². The van der Waals surface area contributed by atoms with E-state index >= 15 is 0 Å².